The largest absolute Gasteiger partial charge is 0.466 e. The molecule has 3 aromatic heterocycles. The fraction of sp³-hybridized carbons (Fsp3) is 0.458. The van der Waals surface area contributed by atoms with Crippen molar-refractivity contribution in [1.82, 2.24) is 4.57 Å². The smallest absolute Gasteiger partial charge is 0.419 e. The lowest BCUT2D eigenvalue weighted by Gasteiger charge is -2.19. The number of hydrogen-bond donors (Lipinski definition) is 1. The molecular formula is C24H31BrN2O6S2. The first kappa shape index (κ1) is 28.9. The van der Waals surface area contributed by atoms with E-state index in [9.17, 15) is 14.4 Å². The van der Waals surface area contributed by atoms with Crippen LogP contribution in [0.1, 0.15) is 54.0 Å². The van der Waals surface area contributed by atoms with Gasteiger partial charge in [-0.05, 0) is 92.9 Å². The minimum atomic E-state index is -0.563. The van der Waals surface area contributed by atoms with Gasteiger partial charge in [-0.3, -0.25) is 10.1 Å². The Labute approximate surface area is 221 Å². The summed E-state index contributed by atoms with van der Waals surface area (Å²) in [6, 6.07) is 3.77. The molecule has 0 radical (unpaired) electrons. The minimum Gasteiger partial charge on any atom is -0.466 e. The number of anilines is 1. The van der Waals surface area contributed by atoms with Gasteiger partial charge in [-0.25, -0.2) is 14.2 Å². The molecule has 3 aromatic rings. The molecule has 11 heteroatoms. The maximum Gasteiger partial charge on any atom is 0.419 e. The average Bonchev–Trinajstić information content (AvgIpc) is 3.39. The van der Waals surface area contributed by atoms with E-state index in [1.807, 2.05) is 64.4 Å². The fourth-order valence-corrected chi connectivity index (χ4v) is 5.00. The third kappa shape index (κ3) is 9.30. The summed E-state index contributed by atoms with van der Waals surface area (Å²) in [5.41, 5.74) is -0.254. The minimum absolute atomic E-state index is 0.150. The van der Waals surface area contributed by atoms with E-state index >= 15 is 0 Å². The second-order valence-electron chi connectivity index (χ2n) is 9.35. The van der Waals surface area contributed by atoms with Crippen molar-refractivity contribution < 1.29 is 28.6 Å². The third-order valence-electron chi connectivity index (χ3n) is 3.96. The molecule has 0 aliphatic heterocycles. The molecule has 0 aliphatic carbocycles. The molecule has 192 valence electrons. The van der Waals surface area contributed by atoms with Gasteiger partial charge in [0.1, 0.15) is 21.0 Å². The summed E-state index contributed by atoms with van der Waals surface area (Å²) in [6.07, 6.45) is 0.939. The SMILES string of the molecule is CC(C)(C)OC(=O)Nc1sccc1Br.CCOC(=O)Cc1cn(C(=O)OC(C)(C)C)c2sccc12. The number of rotatable bonds is 4. The summed E-state index contributed by atoms with van der Waals surface area (Å²) in [6.45, 7) is 13.1. The first-order valence-corrected chi connectivity index (χ1v) is 13.4. The molecule has 1 N–H and O–H groups in total. The lowest BCUT2D eigenvalue weighted by atomic mass is 10.2. The van der Waals surface area contributed by atoms with Gasteiger partial charge >= 0.3 is 18.2 Å². The second kappa shape index (κ2) is 12.0. The van der Waals surface area contributed by atoms with Crippen LogP contribution in [0.5, 0.6) is 0 Å². The van der Waals surface area contributed by atoms with Gasteiger partial charge in [-0.15, -0.1) is 22.7 Å². The van der Waals surface area contributed by atoms with Gasteiger partial charge in [-0.2, -0.15) is 0 Å². The van der Waals surface area contributed by atoms with E-state index in [2.05, 4.69) is 21.2 Å². The van der Waals surface area contributed by atoms with Crippen molar-refractivity contribution in [3.05, 3.63) is 39.1 Å². The highest BCUT2D eigenvalue weighted by Gasteiger charge is 2.22. The van der Waals surface area contributed by atoms with Gasteiger partial charge in [0.05, 0.1) is 17.5 Å². The topological polar surface area (TPSA) is 95.9 Å². The molecule has 0 fully saturated rings. The van der Waals surface area contributed by atoms with Crippen LogP contribution in [0.4, 0.5) is 14.6 Å². The van der Waals surface area contributed by atoms with Gasteiger partial charge in [-0.1, -0.05) is 0 Å². The Balaban J connectivity index is 0.000000269. The van der Waals surface area contributed by atoms with Crippen molar-refractivity contribution >= 4 is 72.0 Å². The zero-order valence-electron chi connectivity index (χ0n) is 20.9. The fourth-order valence-electron chi connectivity index (χ4n) is 2.75. The molecule has 8 nitrogen and oxygen atoms in total. The number of aromatic nitrogens is 1. The number of esters is 1. The molecule has 0 saturated heterocycles. The van der Waals surface area contributed by atoms with Crippen molar-refractivity contribution in [2.24, 2.45) is 0 Å². The van der Waals surface area contributed by atoms with Gasteiger partial charge in [0.15, 0.2) is 0 Å². The van der Waals surface area contributed by atoms with Gasteiger partial charge in [0.25, 0.3) is 0 Å². The number of nitrogens with zero attached hydrogens (tertiary/aromatic N) is 1. The molecule has 0 spiro atoms. The number of carbonyl (C=O) groups excluding carboxylic acids is 3. The molecule has 0 bridgehead atoms. The summed E-state index contributed by atoms with van der Waals surface area (Å²) in [7, 11) is 0. The van der Waals surface area contributed by atoms with E-state index in [0.29, 0.717) is 6.61 Å². The van der Waals surface area contributed by atoms with E-state index in [0.717, 1.165) is 25.3 Å². The van der Waals surface area contributed by atoms with Crippen LogP contribution in [0.3, 0.4) is 0 Å². The lowest BCUT2D eigenvalue weighted by molar-refractivity contribution is -0.142. The van der Waals surface area contributed by atoms with Crippen molar-refractivity contribution in [3.8, 4) is 0 Å². The Hall–Kier alpha value is -2.37. The summed E-state index contributed by atoms with van der Waals surface area (Å²) in [5, 5.41) is 8.08. The summed E-state index contributed by atoms with van der Waals surface area (Å²) >= 11 is 6.20. The number of amides is 1. The van der Waals surface area contributed by atoms with Crippen LogP contribution >= 0.6 is 38.6 Å². The molecule has 35 heavy (non-hydrogen) atoms. The number of hydrogen-bond acceptors (Lipinski definition) is 8. The maximum atomic E-state index is 12.2. The maximum absolute atomic E-state index is 12.2. The van der Waals surface area contributed by atoms with Crippen LogP contribution in [0.15, 0.2) is 33.6 Å². The third-order valence-corrected chi connectivity index (χ3v) is 6.62. The zero-order valence-corrected chi connectivity index (χ0v) is 24.1. The van der Waals surface area contributed by atoms with E-state index in [-0.39, 0.29) is 12.4 Å². The van der Waals surface area contributed by atoms with E-state index in [1.54, 1.807) is 13.1 Å². The van der Waals surface area contributed by atoms with E-state index in [4.69, 9.17) is 14.2 Å². The predicted molar refractivity (Wildman–Crippen MR) is 144 cm³/mol. The first-order valence-electron chi connectivity index (χ1n) is 10.9. The molecule has 0 aromatic carbocycles. The number of ether oxygens (including phenoxy) is 3. The quantitative estimate of drug-likeness (QED) is 0.252. The van der Waals surface area contributed by atoms with E-state index < -0.39 is 23.4 Å². The Morgan fingerprint density at radius 3 is 2.17 bits per heavy atom. The monoisotopic (exact) mass is 586 g/mol. The van der Waals surface area contributed by atoms with Crippen LogP contribution in [0.2, 0.25) is 0 Å². The molecule has 0 aliphatic rings. The zero-order chi connectivity index (χ0) is 26.4. The molecule has 1 amide bonds. The number of thiophene rings is 2. The molecular weight excluding hydrogens is 556 g/mol. The molecule has 0 atom stereocenters. The van der Waals surface area contributed by atoms with Crippen LogP contribution in [0, 0.1) is 0 Å². The van der Waals surface area contributed by atoms with Crippen molar-refractivity contribution in [2.45, 2.75) is 66.1 Å². The number of carbonyl (C=O) groups is 3. The second-order valence-corrected chi connectivity index (χ2v) is 12.0. The Morgan fingerprint density at radius 2 is 1.63 bits per heavy atom. The lowest BCUT2D eigenvalue weighted by Crippen LogP contribution is -2.27. The first-order chi connectivity index (χ1) is 16.2. The molecule has 3 heterocycles. The van der Waals surface area contributed by atoms with Crippen LogP contribution in [0.25, 0.3) is 10.2 Å². The highest BCUT2D eigenvalue weighted by atomic mass is 79.9. The van der Waals surface area contributed by atoms with Crippen molar-refractivity contribution in [3.63, 3.8) is 0 Å². The highest BCUT2D eigenvalue weighted by Crippen LogP contribution is 2.29. The Kier molecular flexibility index (Phi) is 9.94. The normalized spacial score (nSPS) is 11.4. The van der Waals surface area contributed by atoms with Gasteiger partial charge in [0.2, 0.25) is 0 Å². The Morgan fingerprint density at radius 1 is 1.00 bits per heavy atom. The van der Waals surface area contributed by atoms with Crippen LogP contribution in [-0.2, 0) is 25.4 Å². The summed E-state index contributed by atoms with van der Waals surface area (Å²) in [5.74, 6) is -0.299. The highest BCUT2D eigenvalue weighted by molar-refractivity contribution is 9.10. The Bertz CT molecular complexity index is 1170. The summed E-state index contributed by atoms with van der Waals surface area (Å²) in [4.78, 5) is 36.0. The predicted octanol–water partition coefficient (Wildman–Crippen LogP) is 7.45. The number of fused-ring (bicyclic) bond motifs is 1. The summed E-state index contributed by atoms with van der Waals surface area (Å²) < 4.78 is 17.8. The van der Waals surface area contributed by atoms with Crippen LogP contribution in [-0.4, -0.2) is 40.5 Å². The van der Waals surface area contributed by atoms with E-state index in [1.165, 1.54) is 27.2 Å². The number of halogens is 1. The molecule has 3 rings (SSSR count). The van der Waals surface area contributed by atoms with Crippen LogP contribution < -0.4 is 5.32 Å². The van der Waals surface area contributed by atoms with Gasteiger partial charge in [0, 0.05) is 11.6 Å². The van der Waals surface area contributed by atoms with Crippen molar-refractivity contribution in [2.75, 3.05) is 11.9 Å². The molecule has 0 unspecified atom stereocenters. The van der Waals surface area contributed by atoms with Crippen molar-refractivity contribution in [1.29, 1.82) is 0 Å². The molecule has 0 saturated carbocycles. The standard InChI is InChI=1S/C15H19NO4S.C9H12BrNO2S/c1-5-19-12(17)8-10-9-16(13-11(10)6-7-21-13)14(18)20-15(2,3)4;1-9(2,3)13-8(12)11-7-6(10)4-5-14-7/h6-7,9H,5,8H2,1-4H3;4-5H,1-3H3,(H,11,12). The average molecular weight is 588 g/mol. The van der Waals surface area contributed by atoms with Gasteiger partial charge < -0.3 is 14.2 Å². The number of nitrogens with one attached hydrogen (secondary N) is 1.